The molecule has 0 fully saturated rings. The van der Waals surface area contributed by atoms with Gasteiger partial charge in [-0.2, -0.15) is 0 Å². The molecule has 4 nitrogen and oxygen atoms in total. The molecule has 16 heavy (non-hydrogen) atoms. The van der Waals surface area contributed by atoms with E-state index in [4.69, 9.17) is 14.6 Å². The van der Waals surface area contributed by atoms with Crippen molar-refractivity contribution >= 4 is 11.0 Å². The lowest BCUT2D eigenvalue weighted by molar-refractivity contribution is 0.535. The van der Waals surface area contributed by atoms with Gasteiger partial charge in [0.2, 0.25) is 0 Å². The molecule has 2 heterocycles. The topological polar surface area (TPSA) is 65.2 Å². The first kappa shape index (κ1) is 9.18. The van der Waals surface area contributed by atoms with Gasteiger partial charge in [0.05, 0.1) is 0 Å². The van der Waals surface area contributed by atoms with Gasteiger partial charge in [-0.1, -0.05) is 18.2 Å². The van der Waals surface area contributed by atoms with E-state index < -0.39 is 0 Å². The van der Waals surface area contributed by atoms with Crippen molar-refractivity contribution in [3.8, 4) is 11.5 Å². The summed E-state index contributed by atoms with van der Waals surface area (Å²) in [7, 11) is 0. The van der Waals surface area contributed by atoms with Crippen molar-refractivity contribution in [2.75, 3.05) is 0 Å². The molecule has 0 radical (unpaired) electrons. The minimum Gasteiger partial charge on any atom is -0.453 e. The van der Waals surface area contributed by atoms with Gasteiger partial charge >= 0.3 is 0 Å². The van der Waals surface area contributed by atoms with Crippen molar-refractivity contribution in [3.63, 3.8) is 0 Å². The summed E-state index contributed by atoms with van der Waals surface area (Å²) in [4.78, 5) is 4.03. The number of fused-ring (bicyclic) bond motifs is 1. The Hall–Kier alpha value is -2.07. The Labute approximate surface area is 91.7 Å². The lowest BCUT2D eigenvalue weighted by Gasteiger charge is -1.92. The molecule has 2 aromatic heterocycles. The normalized spacial score (nSPS) is 11.1. The third-order valence-corrected chi connectivity index (χ3v) is 2.48. The SMILES string of the molecule is NCc1ncoc1-c1cc2ccccc2o1. The number of nitrogens with two attached hydrogens (primary N) is 1. The molecular formula is C12H10N2O2. The van der Waals surface area contributed by atoms with Crippen molar-refractivity contribution < 1.29 is 8.83 Å². The first-order valence-electron chi connectivity index (χ1n) is 5.00. The highest BCUT2D eigenvalue weighted by Crippen LogP contribution is 2.29. The molecule has 0 aliphatic heterocycles. The van der Waals surface area contributed by atoms with Gasteiger partial charge in [-0.15, -0.1) is 0 Å². The average molecular weight is 214 g/mol. The first-order valence-corrected chi connectivity index (χ1v) is 5.00. The van der Waals surface area contributed by atoms with Crippen molar-refractivity contribution in [1.82, 2.24) is 4.98 Å². The lowest BCUT2D eigenvalue weighted by atomic mass is 10.2. The summed E-state index contributed by atoms with van der Waals surface area (Å²) < 4.78 is 11.0. The molecule has 80 valence electrons. The number of para-hydroxylation sites is 1. The van der Waals surface area contributed by atoms with Crippen LogP contribution in [0, 0.1) is 0 Å². The summed E-state index contributed by atoms with van der Waals surface area (Å²) in [5.41, 5.74) is 7.10. The van der Waals surface area contributed by atoms with Crippen LogP contribution < -0.4 is 5.73 Å². The smallest absolute Gasteiger partial charge is 0.194 e. The minimum atomic E-state index is 0.336. The Morgan fingerprint density at radius 3 is 2.94 bits per heavy atom. The lowest BCUT2D eigenvalue weighted by Crippen LogP contribution is -1.97. The highest BCUT2D eigenvalue weighted by molar-refractivity contribution is 5.82. The van der Waals surface area contributed by atoms with E-state index in [1.807, 2.05) is 30.3 Å². The second-order valence-corrected chi connectivity index (χ2v) is 3.48. The van der Waals surface area contributed by atoms with E-state index >= 15 is 0 Å². The molecular weight excluding hydrogens is 204 g/mol. The molecule has 4 heteroatoms. The van der Waals surface area contributed by atoms with Crippen LogP contribution in [0.25, 0.3) is 22.5 Å². The molecule has 0 saturated carbocycles. The summed E-state index contributed by atoms with van der Waals surface area (Å²) in [6, 6.07) is 9.72. The van der Waals surface area contributed by atoms with Gasteiger partial charge < -0.3 is 14.6 Å². The second-order valence-electron chi connectivity index (χ2n) is 3.48. The van der Waals surface area contributed by atoms with Gasteiger partial charge in [-0.25, -0.2) is 4.98 Å². The van der Waals surface area contributed by atoms with Crippen LogP contribution in [0.2, 0.25) is 0 Å². The van der Waals surface area contributed by atoms with Gasteiger partial charge in [0.1, 0.15) is 11.3 Å². The maximum absolute atomic E-state index is 5.67. The number of rotatable bonds is 2. The van der Waals surface area contributed by atoms with Crippen LogP contribution in [-0.4, -0.2) is 4.98 Å². The number of oxazole rings is 1. The highest BCUT2D eigenvalue weighted by Gasteiger charge is 2.13. The summed E-state index contributed by atoms with van der Waals surface area (Å²) in [6.45, 7) is 0.336. The standard InChI is InChI=1S/C12H10N2O2/c13-6-9-12(15-7-14-9)11-5-8-3-1-2-4-10(8)16-11/h1-5,7H,6,13H2. The van der Waals surface area contributed by atoms with Crippen molar-refractivity contribution in [2.45, 2.75) is 6.54 Å². The molecule has 0 unspecified atom stereocenters. The van der Waals surface area contributed by atoms with Crippen molar-refractivity contribution in [1.29, 1.82) is 0 Å². The van der Waals surface area contributed by atoms with Gasteiger partial charge in [-0.05, 0) is 12.1 Å². The van der Waals surface area contributed by atoms with E-state index in [1.165, 1.54) is 6.39 Å². The Morgan fingerprint density at radius 2 is 2.12 bits per heavy atom. The maximum atomic E-state index is 5.67. The highest BCUT2D eigenvalue weighted by atomic mass is 16.4. The van der Waals surface area contributed by atoms with Gasteiger partial charge in [-0.3, -0.25) is 0 Å². The summed E-state index contributed by atoms with van der Waals surface area (Å²) >= 11 is 0. The van der Waals surface area contributed by atoms with Crippen LogP contribution in [0.1, 0.15) is 5.69 Å². The molecule has 3 aromatic rings. The van der Waals surface area contributed by atoms with E-state index in [-0.39, 0.29) is 0 Å². The molecule has 0 aliphatic rings. The Morgan fingerprint density at radius 1 is 1.25 bits per heavy atom. The van der Waals surface area contributed by atoms with Crippen LogP contribution in [0.4, 0.5) is 0 Å². The third-order valence-electron chi connectivity index (χ3n) is 2.48. The summed E-state index contributed by atoms with van der Waals surface area (Å²) in [6.07, 6.45) is 1.38. The Bertz CT molecular complexity index is 592. The fourth-order valence-corrected chi connectivity index (χ4v) is 1.71. The van der Waals surface area contributed by atoms with E-state index in [0.29, 0.717) is 23.8 Å². The first-order chi connectivity index (χ1) is 7.88. The van der Waals surface area contributed by atoms with E-state index in [1.54, 1.807) is 0 Å². The Kier molecular flexibility index (Phi) is 2.01. The fraction of sp³-hybridized carbons (Fsp3) is 0.0833. The fourth-order valence-electron chi connectivity index (χ4n) is 1.71. The number of aromatic nitrogens is 1. The molecule has 2 N–H and O–H groups in total. The van der Waals surface area contributed by atoms with E-state index in [0.717, 1.165) is 11.0 Å². The molecule has 0 bridgehead atoms. The Balaban J connectivity index is 2.19. The predicted molar refractivity (Wildman–Crippen MR) is 59.6 cm³/mol. The molecule has 0 atom stereocenters. The zero-order valence-corrected chi connectivity index (χ0v) is 8.51. The number of hydrogen-bond donors (Lipinski definition) is 1. The monoisotopic (exact) mass is 214 g/mol. The maximum Gasteiger partial charge on any atom is 0.194 e. The molecule has 0 aliphatic carbocycles. The molecule has 1 aromatic carbocycles. The number of furan rings is 1. The predicted octanol–water partition coefficient (Wildman–Crippen LogP) is 2.55. The molecule has 0 saturated heterocycles. The van der Waals surface area contributed by atoms with Crippen LogP contribution in [0.5, 0.6) is 0 Å². The van der Waals surface area contributed by atoms with Crippen LogP contribution in [0.15, 0.2) is 45.6 Å². The number of benzene rings is 1. The third kappa shape index (κ3) is 1.31. The van der Waals surface area contributed by atoms with Gasteiger partial charge in [0.15, 0.2) is 17.9 Å². The molecule has 0 spiro atoms. The van der Waals surface area contributed by atoms with Crippen LogP contribution >= 0.6 is 0 Å². The number of nitrogens with zero attached hydrogens (tertiary/aromatic N) is 1. The molecule has 3 rings (SSSR count). The zero-order chi connectivity index (χ0) is 11.0. The van der Waals surface area contributed by atoms with E-state index in [9.17, 15) is 0 Å². The largest absolute Gasteiger partial charge is 0.453 e. The van der Waals surface area contributed by atoms with Crippen molar-refractivity contribution in [2.24, 2.45) is 5.73 Å². The quantitative estimate of drug-likeness (QED) is 0.711. The summed E-state index contributed by atoms with van der Waals surface area (Å²) in [5, 5.41) is 1.04. The zero-order valence-electron chi connectivity index (χ0n) is 8.51. The summed E-state index contributed by atoms with van der Waals surface area (Å²) in [5.74, 6) is 1.28. The molecule has 0 amide bonds. The van der Waals surface area contributed by atoms with Crippen LogP contribution in [-0.2, 0) is 6.54 Å². The second kappa shape index (κ2) is 3.50. The van der Waals surface area contributed by atoms with Crippen molar-refractivity contribution in [3.05, 3.63) is 42.4 Å². The van der Waals surface area contributed by atoms with Gasteiger partial charge in [0.25, 0.3) is 0 Å². The van der Waals surface area contributed by atoms with Crippen LogP contribution in [0.3, 0.4) is 0 Å². The minimum absolute atomic E-state index is 0.336. The average Bonchev–Trinajstić information content (AvgIpc) is 2.94. The van der Waals surface area contributed by atoms with E-state index in [2.05, 4.69) is 4.98 Å². The number of hydrogen-bond acceptors (Lipinski definition) is 4. The van der Waals surface area contributed by atoms with Gasteiger partial charge in [0, 0.05) is 11.9 Å².